The molecule has 6 nitrogen and oxygen atoms in total. The topological polar surface area (TPSA) is 80.3 Å². The van der Waals surface area contributed by atoms with Gasteiger partial charge in [-0.15, -0.1) is 22.7 Å². The highest BCUT2D eigenvalue weighted by atomic mass is 35.5. The van der Waals surface area contributed by atoms with Gasteiger partial charge in [-0.2, -0.15) is 0 Å². The lowest BCUT2D eigenvalue weighted by Crippen LogP contribution is -2.29. The summed E-state index contributed by atoms with van der Waals surface area (Å²) in [7, 11) is 1.58. The van der Waals surface area contributed by atoms with Crippen molar-refractivity contribution in [2.24, 2.45) is 0 Å². The van der Waals surface area contributed by atoms with Crippen molar-refractivity contribution < 1.29 is 14.3 Å². The predicted molar refractivity (Wildman–Crippen MR) is 118 cm³/mol. The molecule has 3 aromatic rings. The Labute approximate surface area is 185 Å². The Morgan fingerprint density at radius 1 is 1.24 bits per heavy atom. The number of nitrogens with zero attached hydrogens (tertiary/aromatic N) is 1. The number of thiophene rings is 1. The minimum Gasteiger partial charge on any atom is -0.497 e. The van der Waals surface area contributed by atoms with Crippen LogP contribution in [0.25, 0.3) is 11.3 Å². The molecule has 1 aromatic carbocycles. The fraction of sp³-hybridized carbons (Fsp3) is 0.211. The lowest BCUT2D eigenvalue weighted by molar-refractivity contribution is -0.120. The maximum Gasteiger partial charge on any atom is 0.228 e. The van der Waals surface area contributed by atoms with E-state index in [4.69, 9.17) is 27.9 Å². The maximum atomic E-state index is 12.6. The van der Waals surface area contributed by atoms with E-state index in [1.54, 1.807) is 30.7 Å². The molecule has 0 aliphatic carbocycles. The van der Waals surface area contributed by atoms with Gasteiger partial charge in [-0.1, -0.05) is 35.3 Å². The summed E-state index contributed by atoms with van der Waals surface area (Å²) in [5, 5.41) is 7.82. The summed E-state index contributed by atoms with van der Waals surface area (Å²) in [6.45, 7) is 1.41. The van der Waals surface area contributed by atoms with Gasteiger partial charge in [0.15, 0.2) is 5.13 Å². The van der Waals surface area contributed by atoms with Gasteiger partial charge >= 0.3 is 0 Å². The maximum absolute atomic E-state index is 12.6. The van der Waals surface area contributed by atoms with E-state index >= 15 is 0 Å². The lowest BCUT2D eigenvalue weighted by atomic mass is 10.0. The van der Waals surface area contributed by atoms with Crippen molar-refractivity contribution in [2.75, 3.05) is 12.4 Å². The molecule has 0 radical (unpaired) electrons. The van der Waals surface area contributed by atoms with Crippen LogP contribution in [0.2, 0.25) is 8.67 Å². The minimum atomic E-state index is -0.469. The molecule has 2 heterocycles. The fourth-order valence-electron chi connectivity index (χ4n) is 2.66. The van der Waals surface area contributed by atoms with Crippen molar-refractivity contribution in [3.05, 3.63) is 49.9 Å². The molecule has 1 unspecified atom stereocenters. The van der Waals surface area contributed by atoms with Crippen molar-refractivity contribution in [1.82, 2.24) is 10.3 Å². The number of aromatic nitrogens is 1. The van der Waals surface area contributed by atoms with Crippen LogP contribution in [0, 0.1) is 0 Å². The van der Waals surface area contributed by atoms with Crippen LogP contribution in [0.4, 0.5) is 5.13 Å². The zero-order chi connectivity index (χ0) is 21.0. The van der Waals surface area contributed by atoms with Crippen molar-refractivity contribution in [2.45, 2.75) is 19.4 Å². The molecule has 3 rings (SSSR count). The van der Waals surface area contributed by atoms with Crippen LogP contribution < -0.4 is 15.4 Å². The number of ether oxygens (including phenoxy) is 1. The fourth-order valence-corrected chi connectivity index (χ4v) is 4.87. The standard InChI is InChI=1S/C19H17Cl2N3O3S2/c1-10(25)22-14(11-3-5-12(27-2)6-4-11)8-17(26)24-19-23-15(9-28-19)13-7-16(20)29-18(13)21/h3-7,9,14H,8H2,1-2H3,(H,22,25)(H,23,24,26). The van der Waals surface area contributed by atoms with Gasteiger partial charge in [-0.3, -0.25) is 9.59 Å². The van der Waals surface area contributed by atoms with Gasteiger partial charge in [0.05, 0.1) is 29.6 Å². The van der Waals surface area contributed by atoms with E-state index in [2.05, 4.69) is 15.6 Å². The number of rotatable bonds is 7. The predicted octanol–water partition coefficient (Wildman–Crippen LogP) is 5.39. The minimum absolute atomic E-state index is 0.0614. The first-order chi connectivity index (χ1) is 13.9. The number of anilines is 1. The van der Waals surface area contributed by atoms with E-state index in [9.17, 15) is 9.59 Å². The average molecular weight is 470 g/mol. The number of benzene rings is 1. The normalized spacial score (nSPS) is 11.7. The Kier molecular flexibility index (Phi) is 7.13. The summed E-state index contributed by atoms with van der Waals surface area (Å²) >= 11 is 14.7. The van der Waals surface area contributed by atoms with Crippen molar-refractivity contribution >= 4 is 62.8 Å². The van der Waals surface area contributed by atoms with Crippen LogP contribution in [0.5, 0.6) is 5.75 Å². The number of hydrogen-bond donors (Lipinski definition) is 2. The third-order valence-corrected chi connectivity index (χ3v) is 6.21. The van der Waals surface area contributed by atoms with E-state index < -0.39 is 6.04 Å². The van der Waals surface area contributed by atoms with Gasteiger partial charge in [0.25, 0.3) is 0 Å². The number of thiazole rings is 1. The van der Waals surface area contributed by atoms with Gasteiger partial charge in [0, 0.05) is 17.9 Å². The van der Waals surface area contributed by atoms with E-state index in [1.165, 1.54) is 29.6 Å². The number of amides is 2. The van der Waals surface area contributed by atoms with Crippen LogP contribution in [0.15, 0.2) is 35.7 Å². The van der Waals surface area contributed by atoms with Gasteiger partial charge in [-0.05, 0) is 23.8 Å². The van der Waals surface area contributed by atoms with Gasteiger partial charge in [-0.25, -0.2) is 4.98 Å². The molecule has 0 saturated heterocycles. The second kappa shape index (κ2) is 9.58. The summed E-state index contributed by atoms with van der Waals surface area (Å²) < 4.78 is 6.26. The van der Waals surface area contributed by atoms with Crippen LogP contribution in [-0.2, 0) is 9.59 Å². The van der Waals surface area contributed by atoms with Gasteiger partial charge in [0.1, 0.15) is 10.1 Å². The third-order valence-electron chi connectivity index (χ3n) is 3.97. The molecule has 0 spiro atoms. The molecule has 2 N–H and O–H groups in total. The van der Waals surface area contributed by atoms with E-state index in [1.807, 2.05) is 12.1 Å². The molecule has 0 aliphatic heterocycles. The van der Waals surface area contributed by atoms with Crippen LogP contribution in [0.3, 0.4) is 0 Å². The first-order valence-corrected chi connectivity index (χ1v) is 10.9. The SMILES string of the molecule is COc1ccc(C(CC(=O)Nc2nc(-c3cc(Cl)sc3Cl)cs2)NC(C)=O)cc1. The summed E-state index contributed by atoms with van der Waals surface area (Å²) in [6.07, 6.45) is 0.0614. The molecule has 1 atom stereocenters. The highest BCUT2D eigenvalue weighted by Gasteiger charge is 2.19. The first-order valence-electron chi connectivity index (χ1n) is 8.47. The Hall–Kier alpha value is -2.13. The van der Waals surface area contributed by atoms with Crippen molar-refractivity contribution in [3.63, 3.8) is 0 Å². The molecule has 0 saturated carbocycles. The molecule has 0 fully saturated rings. The summed E-state index contributed by atoms with van der Waals surface area (Å²) in [4.78, 5) is 28.5. The van der Waals surface area contributed by atoms with Crippen LogP contribution >= 0.6 is 45.9 Å². The lowest BCUT2D eigenvalue weighted by Gasteiger charge is -2.18. The van der Waals surface area contributed by atoms with Gasteiger partial charge in [0.2, 0.25) is 11.8 Å². The van der Waals surface area contributed by atoms with Crippen LogP contribution in [0.1, 0.15) is 24.9 Å². The molecule has 2 aromatic heterocycles. The Balaban J connectivity index is 1.70. The highest BCUT2D eigenvalue weighted by Crippen LogP contribution is 2.39. The molecule has 2 amide bonds. The number of nitrogens with one attached hydrogen (secondary N) is 2. The third kappa shape index (κ3) is 5.70. The summed E-state index contributed by atoms with van der Waals surface area (Å²) in [5.74, 6) is 0.205. The second-order valence-corrected chi connectivity index (χ2v) is 9.20. The van der Waals surface area contributed by atoms with Crippen molar-refractivity contribution in [1.29, 1.82) is 0 Å². The molecule has 152 valence electrons. The molecule has 29 heavy (non-hydrogen) atoms. The van der Waals surface area contributed by atoms with Crippen LogP contribution in [-0.4, -0.2) is 23.9 Å². The number of halogens is 2. The van der Waals surface area contributed by atoms with E-state index in [-0.39, 0.29) is 18.2 Å². The number of hydrogen-bond acceptors (Lipinski definition) is 6. The van der Waals surface area contributed by atoms with Gasteiger partial charge < -0.3 is 15.4 Å². The number of methoxy groups -OCH3 is 1. The number of carbonyl (C=O) groups excluding carboxylic acids is 2. The summed E-state index contributed by atoms with van der Waals surface area (Å²) in [6, 6.07) is 8.47. The Morgan fingerprint density at radius 2 is 1.97 bits per heavy atom. The zero-order valence-corrected chi connectivity index (χ0v) is 18.6. The monoisotopic (exact) mass is 469 g/mol. The van der Waals surface area contributed by atoms with E-state index in [0.717, 1.165) is 11.1 Å². The molecule has 0 aliphatic rings. The molecular formula is C19H17Cl2N3O3S2. The second-order valence-electron chi connectivity index (χ2n) is 6.05. The Bertz CT molecular complexity index is 1020. The highest BCUT2D eigenvalue weighted by molar-refractivity contribution is 7.20. The smallest absolute Gasteiger partial charge is 0.228 e. The quantitative estimate of drug-likeness (QED) is 0.485. The van der Waals surface area contributed by atoms with E-state index in [0.29, 0.717) is 25.2 Å². The zero-order valence-electron chi connectivity index (χ0n) is 15.5. The number of carbonyl (C=O) groups is 2. The molecule has 0 bridgehead atoms. The average Bonchev–Trinajstić information content (AvgIpc) is 3.26. The largest absolute Gasteiger partial charge is 0.497 e. The Morgan fingerprint density at radius 3 is 2.55 bits per heavy atom. The molecular weight excluding hydrogens is 453 g/mol. The molecule has 10 heteroatoms. The summed E-state index contributed by atoms with van der Waals surface area (Å²) in [5.41, 5.74) is 2.18. The van der Waals surface area contributed by atoms with Crippen molar-refractivity contribution in [3.8, 4) is 17.0 Å². The first kappa shape index (κ1) is 21.6.